The van der Waals surface area contributed by atoms with Crippen molar-refractivity contribution in [3.8, 4) is 0 Å². The maximum Gasteiger partial charge on any atom is 0.325 e. The zero-order valence-corrected chi connectivity index (χ0v) is 10.8. The second-order valence-electron chi connectivity index (χ2n) is 4.56. The Bertz CT molecular complexity index is 343. The Morgan fingerprint density at radius 2 is 2.11 bits per heavy atom. The monoisotopic (exact) mass is 256 g/mol. The molecule has 2 N–H and O–H groups in total. The predicted octanol–water partition coefficient (Wildman–Crippen LogP) is 0.367. The van der Waals surface area contributed by atoms with E-state index in [0.29, 0.717) is 19.4 Å². The van der Waals surface area contributed by atoms with Crippen LogP contribution in [0.4, 0.5) is 0 Å². The lowest BCUT2D eigenvalue weighted by Gasteiger charge is -2.24. The molecule has 18 heavy (non-hydrogen) atoms. The molecule has 0 aromatic rings. The van der Waals surface area contributed by atoms with Gasteiger partial charge in [-0.25, -0.2) is 0 Å². The van der Waals surface area contributed by atoms with E-state index in [-0.39, 0.29) is 11.8 Å². The molecule has 6 nitrogen and oxygen atoms in total. The molecule has 1 fully saturated rings. The molecule has 1 aliphatic rings. The first-order chi connectivity index (χ1) is 8.47. The number of aliphatic carboxylic acids is 1. The summed E-state index contributed by atoms with van der Waals surface area (Å²) in [6.07, 6.45) is 2.57. The van der Waals surface area contributed by atoms with Crippen LogP contribution in [0.5, 0.6) is 0 Å². The molecule has 0 aromatic carbocycles. The second kappa shape index (κ2) is 6.37. The number of nitrogens with zero attached hydrogens (tertiary/aromatic N) is 1. The van der Waals surface area contributed by atoms with Gasteiger partial charge in [-0.05, 0) is 26.2 Å². The molecular formula is C12H20N2O4. The van der Waals surface area contributed by atoms with Crippen molar-refractivity contribution < 1.29 is 19.5 Å². The average molecular weight is 256 g/mol. The summed E-state index contributed by atoms with van der Waals surface area (Å²) in [5.41, 5.74) is 0. The molecule has 1 unspecified atom stereocenters. The van der Waals surface area contributed by atoms with Crippen molar-refractivity contribution >= 4 is 17.8 Å². The molecule has 1 saturated heterocycles. The minimum atomic E-state index is -1.08. The van der Waals surface area contributed by atoms with E-state index in [2.05, 4.69) is 5.32 Å². The number of carboxylic acid groups (broad SMARTS) is 1. The number of carbonyl (C=O) groups is 3. The lowest BCUT2D eigenvalue weighted by molar-refractivity contribution is -0.143. The number of carboxylic acids is 1. The third-order valence-corrected chi connectivity index (χ3v) is 3.07. The van der Waals surface area contributed by atoms with Crippen LogP contribution in [-0.2, 0) is 14.4 Å². The van der Waals surface area contributed by atoms with Gasteiger partial charge in [-0.3, -0.25) is 14.4 Å². The van der Waals surface area contributed by atoms with Crippen LogP contribution in [0.15, 0.2) is 0 Å². The molecule has 0 aliphatic carbocycles. The Kier molecular flexibility index (Phi) is 5.12. The lowest BCUT2D eigenvalue weighted by atomic mass is 10.2. The highest BCUT2D eigenvalue weighted by Crippen LogP contribution is 2.19. The van der Waals surface area contributed by atoms with Crippen LogP contribution in [0.1, 0.15) is 39.5 Å². The van der Waals surface area contributed by atoms with Crippen molar-refractivity contribution in [1.29, 1.82) is 0 Å². The molecule has 0 radical (unpaired) electrons. The fraction of sp³-hybridized carbons (Fsp3) is 0.750. The van der Waals surface area contributed by atoms with Crippen LogP contribution in [0, 0.1) is 0 Å². The number of carbonyl (C=O) groups excluding carboxylic acids is 2. The van der Waals surface area contributed by atoms with Crippen molar-refractivity contribution in [2.75, 3.05) is 6.54 Å². The van der Waals surface area contributed by atoms with E-state index in [4.69, 9.17) is 5.11 Å². The Hall–Kier alpha value is -1.59. The predicted molar refractivity (Wildman–Crippen MR) is 64.9 cm³/mol. The van der Waals surface area contributed by atoms with Gasteiger partial charge in [-0.15, -0.1) is 0 Å². The molecule has 0 aromatic heterocycles. The molecule has 0 spiro atoms. The number of rotatable bonds is 5. The lowest BCUT2D eigenvalue weighted by Crippen LogP contribution is -2.49. The summed E-state index contributed by atoms with van der Waals surface area (Å²) in [5, 5.41) is 11.2. The summed E-state index contributed by atoms with van der Waals surface area (Å²) in [4.78, 5) is 36.0. The summed E-state index contributed by atoms with van der Waals surface area (Å²) < 4.78 is 0. The Balaban J connectivity index is 2.61. The summed E-state index contributed by atoms with van der Waals surface area (Å²) in [6, 6.07) is -1.44. The molecule has 1 rings (SSSR count). The van der Waals surface area contributed by atoms with Crippen LogP contribution in [0.2, 0.25) is 0 Å². The normalized spacial score (nSPS) is 20.6. The number of hydrogen-bond acceptors (Lipinski definition) is 3. The van der Waals surface area contributed by atoms with Crippen LogP contribution in [0.25, 0.3) is 0 Å². The third-order valence-electron chi connectivity index (χ3n) is 3.07. The SMILES string of the molecule is CCCC(=O)N1CCCC1C(=O)N[C@@H](C)C(=O)O. The number of nitrogens with one attached hydrogen (secondary N) is 1. The summed E-state index contributed by atoms with van der Waals surface area (Å²) in [7, 11) is 0. The van der Waals surface area contributed by atoms with E-state index in [9.17, 15) is 14.4 Å². The van der Waals surface area contributed by atoms with Crippen molar-refractivity contribution in [2.24, 2.45) is 0 Å². The largest absolute Gasteiger partial charge is 0.480 e. The van der Waals surface area contributed by atoms with Crippen LogP contribution in [-0.4, -0.2) is 46.4 Å². The quantitative estimate of drug-likeness (QED) is 0.744. The van der Waals surface area contributed by atoms with E-state index in [1.54, 1.807) is 4.90 Å². The fourth-order valence-corrected chi connectivity index (χ4v) is 2.07. The first-order valence-electron chi connectivity index (χ1n) is 6.30. The second-order valence-corrected chi connectivity index (χ2v) is 4.56. The first-order valence-corrected chi connectivity index (χ1v) is 6.30. The highest BCUT2D eigenvalue weighted by atomic mass is 16.4. The van der Waals surface area contributed by atoms with E-state index in [0.717, 1.165) is 12.8 Å². The maximum absolute atomic E-state index is 11.9. The summed E-state index contributed by atoms with van der Waals surface area (Å²) in [6.45, 7) is 3.90. The van der Waals surface area contributed by atoms with E-state index in [1.807, 2.05) is 6.92 Å². The zero-order valence-electron chi connectivity index (χ0n) is 10.8. The van der Waals surface area contributed by atoms with Gasteiger partial charge in [0.05, 0.1) is 0 Å². The number of likely N-dealkylation sites (tertiary alicyclic amines) is 1. The highest BCUT2D eigenvalue weighted by molar-refractivity contribution is 5.90. The summed E-state index contributed by atoms with van der Waals surface area (Å²) >= 11 is 0. The average Bonchev–Trinajstić information content (AvgIpc) is 2.77. The molecule has 1 heterocycles. The van der Waals surface area contributed by atoms with Gasteiger partial charge in [0.25, 0.3) is 0 Å². The van der Waals surface area contributed by atoms with Crippen LogP contribution >= 0.6 is 0 Å². The van der Waals surface area contributed by atoms with Crippen LogP contribution in [0.3, 0.4) is 0 Å². The van der Waals surface area contributed by atoms with Gasteiger partial charge >= 0.3 is 5.97 Å². The first kappa shape index (κ1) is 14.5. The molecule has 2 atom stereocenters. The molecule has 6 heteroatoms. The minimum Gasteiger partial charge on any atom is -0.480 e. The van der Waals surface area contributed by atoms with Crippen LogP contribution < -0.4 is 5.32 Å². The molecular weight excluding hydrogens is 236 g/mol. The van der Waals surface area contributed by atoms with Gasteiger partial charge in [0, 0.05) is 13.0 Å². The minimum absolute atomic E-state index is 0.0295. The molecule has 0 saturated carbocycles. The zero-order chi connectivity index (χ0) is 13.7. The molecule has 0 bridgehead atoms. The standard InChI is InChI=1S/C12H20N2O4/c1-3-5-10(15)14-7-4-6-9(14)11(16)13-8(2)12(17)18/h8-9H,3-7H2,1-2H3,(H,13,16)(H,17,18)/t8-,9?/m0/s1. The molecule has 2 amide bonds. The Labute approximate surface area is 106 Å². The maximum atomic E-state index is 11.9. The number of amides is 2. The molecule has 102 valence electrons. The van der Waals surface area contributed by atoms with Gasteiger partial charge in [0.2, 0.25) is 11.8 Å². The van der Waals surface area contributed by atoms with Crippen molar-refractivity contribution in [3.63, 3.8) is 0 Å². The van der Waals surface area contributed by atoms with E-state index >= 15 is 0 Å². The van der Waals surface area contributed by atoms with E-state index < -0.39 is 18.1 Å². The van der Waals surface area contributed by atoms with Gasteiger partial charge in [-0.1, -0.05) is 6.92 Å². The van der Waals surface area contributed by atoms with Gasteiger partial charge in [-0.2, -0.15) is 0 Å². The molecule has 1 aliphatic heterocycles. The smallest absolute Gasteiger partial charge is 0.325 e. The Morgan fingerprint density at radius 3 is 2.67 bits per heavy atom. The van der Waals surface area contributed by atoms with Gasteiger partial charge in [0.15, 0.2) is 0 Å². The van der Waals surface area contributed by atoms with Gasteiger partial charge < -0.3 is 15.3 Å². The van der Waals surface area contributed by atoms with Crippen molar-refractivity contribution in [1.82, 2.24) is 10.2 Å². The van der Waals surface area contributed by atoms with Crippen molar-refractivity contribution in [2.45, 2.75) is 51.6 Å². The number of hydrogen-bond donors (Lipinski definition) is 2. The third kappa shape index (κ3) is 3.45. The van der Waals surface area contributed by atoms with Crippen molar-refractivity contribution in [3.05, 3.63) is 0 Å². The van der Waals surface area contributed by atoms with E-state index in [1.165, 1.54) is 6.92 Å². The van der Waals surface area contributed by atoms with Gasteiger partial charge in [0.1, 0.15) is 12.1 Å². The Morgan fingerprint density at radius 1 is 1.44 bits per heavy atom. The highest BCUT2D eigenvalue weighted by Gasteiger charge is 2.34. The summed E-state index contributed by atoms with van der Waals surface area (Å²) in [5.74, 6) is -1.47. The topological polar surface area (TPSA) is 86.7 Å². The fourth-order valence-electron chi connectivity index (χ4n) is 2.07.